The summed E-state index contributed by atoms with van der Waals surface area (Å²) in [5.74, 6) is 0. The van der Waals surface area contributed by atoms with Crippen molar-refractivity contribution < 1.29 is 8.42 Å². The monoisotopic (exact) mass is 360 g/mol. The van der Waals surface area contributed by atoms with Gasteiger partial charge in [0.15, 0.2) is 0 Å². The van der Waals surface area contributed by atoms with Gasteiger partial charge in [-0.2, -0.15) is 11.3 Å². The fourth-order valence-corrected chi connectivity index (χ4v) is 4.21. The number of hydrogen-bond donors (Lipinski definition) is 2. The van der Waals surface area contributed by atoms with Crippen LogP contribution in [-0.4, -0.2) is 8.42 Å². The van der Waals surface area contributed by atoms with Gasteiger partial charge in [0.05, 0.1) is 4.90 Å². The van der Waals surface area contributed by atoms with Gasteiger partial charge in [-0.1, -0.05) is 15.9 Å². The summed E-state index contributed by atoms with van der Waals surface area (Å²) >= 11 is 4.79. The van der Waals surface area contributed by atoms with E-state index in [4.69, 9.17) is 5.73 Å². The van der Waals surface area contributed by atoms with Crippen molar-refractivity contribution in [3.8, 4) is 0 Å². The zero-order valence-electron chi connectivity index (χ0n) is 10.2. The number of nitrogens with one attached hydrogen (secondary N) is 1. The molecule has 0 saturated carbocycles. The molecule has 0 amide bonds. The van der Waals surface area contributed by atoms with Crippen LogP contribution in [0.2, 0.25) is 0 Å². The number of hydrogen-bond acceptors (Lipinski definition) is 4. The van der Waals surface area contributed by atoms with Crippen LogP contribution < -0.4 is 10.5 Å². The second kappa shape index (κ2) is 5.62. The number of nitrogen functional groups attached to an aromatic ring is 1. The topological polar surface area (TPSA) is 72.2 Å². The average molecular weight is 361 g/mol. The summed E-state index contributed by atoms with van der Waals surface area (Å²) in [6, 6.07) is 5.13. The lowest BCUT2D eigenvalue weighted by Crippen LogP contribution is -2.24. The Balaban J connectivity index is 2.29. The maximum absolute atomic E-state index is 12.3. The zero-order chi connectivity index (χ0) is 14.0. The highest BCUT2D eigenvalue weighted by atomic mass is 79.9. The zero-order valence-corrected chi connectivity index (χ0v) is 13.4. The Labute approximate surface area is 124 Å². The number of nitrogens with two attached hydrogens (primary N) is 1. The third-order valence-electron chi connectivity index (χ3n) is 2.70. The number of anilines is 1. The van der Waals surface area contributed by atoms with Gasteiger partial charge in [0.25, 0.3) is 0 Å². The van der Waals surface area contributed by atoms with Crippen molar-refractivity contribution in [2.24, 2.45) is 0 Å². The van der Waals surface area contributed by atoms with Crippen LogP contribution in [-0.2, 0) is 16.6 Å². The molecule has 19 heavy (non-hydrogen) atoms. The van der Waals surface area contributed by atoms with E-state index in [9.17, 15) is 8.42 Å². The molecule has 0 saturated heterocycles. The lowest BCUT2D eigenvalue weighted by atomic mass is 10.2. The molecule has 0 aliphatic carbocycles. The van der Waals surface area contributed by atoms with Crippen LogP contribution >= 0.6 is 27.3 Å². The Morgan fingerprint density at radius 1 is 1.42 bits per heavy atom. The third kappa shape index (κ3) is 3.36. The van der Waals surface area contributed by atoms with Crippen molar-refractivity contribution in [3.05, 3.63) is 44.6 Å². The Morgan fingerprint density at radius 2 is 2.16 bits per heavy atom. The Morgan fingerprint density at radius 3 is 2.79 bits per heavy atom. The van der Waals surface area contributed by atoms with Gasteiger partial charge in [0, 0.05) is 16.7 Å². The first-order valence-corrected chi connectivity index (χ1v) is 8.68. The van der Waals surface area contributed by atoms with Gasteiger partial charge in [-0.05, 0) is 47.0 Å². The third-order valence-corrected chi connectivity index (χ3v) is 5.42. The maximum Gasteiger partial charge on any atom is 0.241 e. The minimum Gasteiger partial charge on any atom is -0.398 e. The first kappa shape index (κ1) is 14.5. The maximum atomic E-state index is 12.3. The predicted molar refractivity (Wildman–Crippen MR) is 81.6 cm³/mol. The molecular weight excluding hydrogens is 348 g/mol. The van der Waals surface area contributed by atoms with E-state index in [1.165, 1.54) is 11.3 Å². The molecule has 1 heterocycles. The minimum atomic E-state index is -3.57. The van der Waals surface area contributed by atoms with Crippen LogP contribution in [0.4, 0.5) is 5.69 Å². The van der Waals surface area contributed by atoms with Gasteiger partial charge in [-0.15, -0.1) is 0 Å². The molecule has 0 spiro atoms. The molecule has 4 nitrogen and oxygen atoms in total. The minimum absolute atomic E-state index is 0.203. The first-order chi connectivity index (χ1) is 8.90. The molecule has 0 bridgehead atoms. The van der Waals surface area contributed by atoms with Crippen molar-refractivity contribution in [1.82, 2.24) is 4.72 Å². The van der Waals surface area contributed by atoms with Crippen LogP contribution in [0.1, 0.15) is 11.1 Å². The summed E-state index contributed by atoms with van der Waals surface area (Å²) in [7, 11) is -3.57. The summed E-state index contributed by atoms with van der Waals surface area (Å²) in [6.07, 6.45) is 0. The molecule has 0 aliphatic rings. The summed E-state index contributed by atoms with van der Waals surface area (Å²) in [4.78, 5) is 0.203. The quantitative estimate of drug-likeness (QED) is 0.823. The highest BCUT2D eigenvalue weighted by molar-refractivity contribution is 9.10. The van der Waals surface area contributed by atoms with E-state index in [1.807, 2.05) is 16.8 Å². The predicted octanol–water partition coefficient (Wildman–Crippen LogP) is 2.88. The van der Waals surface area contributed by atoms with E-state index in [2.05, 4.69) is 20.7 Å². The Hall–Kier alpha value is -0.890. The number of sulfonamides is 1. The normalized spacial score (nSPS) is 11.7. The molecule has 0 unspecified atom stereocenters. The summed E-state index contributed by atoms with van der Waals surface area (Å²) < 4.78 is 27.8. The van der Waals surface area contributed by atoms with Crippen molar-refractivity contribution in [2.75, 3.05) is 5.73 Å². The van der Waals surface area contributed by atoms with E-state index in [0.717, 1.165) is 5.56 Å². The molecule has 3 N–H and O–H groups in total. The van der Waals surface area contributed by atoms with Crippen molar-refractivity contribution in [2.45, 2.75) is 18.4 Å². The molecule has 2 aromatic rings. The standard InChI is InChI=1S/C12H13BrN2O2S2/c1-8-11(14)4-10(13)5-12(8)19(16,17)15-6-9-2-3-18-7-9/h2-5,7,15H,6,14H2,1H3. The van der Waals surface area contributed by atoms with Crippen LogP contribution in [0.15, 0.2) is 38.3 Å². The molecule has 7 heteroatoms. The van der Waals surface area contributed by atoms with Gasteiger partial charge in [0.1, 0.15) is 0 Å². The van der Waals surface area contributed by atoms with Crippen LogP contribution in [0.3, 0.4) is 0 Å². The molecular formula is C12H13BrN2O2S2. The van der Waals surface area contributed by atoms with E-state index in [0.29, 0.717) is 15.7 Å². The fraction of sp³-hybridized carbons (Fsp3) is 0.167. The lowest BCUT2D eigenvalue weighted by Gasteiger charge is -2.11. The lowest BCUT2D eigenvalue weighted by molar-refractivity contribution is 0.581. The van der Waals surface area contributed by atoms with Crippen LogP contribution in [0, 0.1) is 6.92 Å². The largest absolute Gasteiger partial charge is 0.398 e. The Kier molecular flexibility index (Phi) is 4.29. The molecule has 0 atom stereocenters. The SMILES string of the molecule is Cc1c(N)cc(Br)cc1S(=O)(=O)NCc1ccsc1. The van der Waals surface area contributed by atoms with Crippen LogP contribution in [0.25, 0.3) is 0 Å². The smallest absolute Gasteiger partial charge is 0.241 e. The molecule has 2 rings (SSSR count). The van der Waals surface area contributed by atoms with Gasteiger partial charge >= 0.3 is 0 Å². The number of benzene rings is 1. The number of halogens is 1. The molecule has 0 fully saturated rings. The molecule has 0 radical (unpaired) electrons. The van der Waals surface area contributed by atoms with Crippen molar-refractivity contribution in [1.29, 1.82) is 0 Å². The van der Waals surface area contributed by atoms with E-state index in [-0.39, 0.29) is 11.4 Å². The van der Waals surface area contributed by atoms with Crippen LogP contribution in [0.5, 0.6) is 0 Å². The first-order valence-electron chi connectivity index (χ1n) is 5.46. The van der Waals surface area contributed by atoms with Crippen molar-refractivity contribution >= 4 is 43.0 Å². The molecule has 102 valence electrons. The second-order valence-electron chi connectivity index (χ2n) is 4.07. The van der Waals surface area contributed by atoms with Gasteiger partial charge in [-0.3, -0.25) is 0 Å². The highest BCUT2D eigenvalue weighted by Gasteiger charge is 2.18. The summed E-state index contributed by atoms with van der Waals surface area (Å²) in [5.41, 5.74) is 7.73. The fourth-order valence-electron chi connectivity index (χ4n) is 1.60. The Bertz CT molecular complexity index is 682. The molecule has 0 aliphatic heterocycles. The average Bonchev–Trinajstić information content (AvgIpc) is 2.84. The number of rotatable bonds is 4. The van der Waals surface area contributed by atoms with E-state index in [1.54, 1.807) is 19.1 Å². The summed E-state index contributed by atoms with van der Waals surface area (Å²) in [5, 5.41) is 3.82. The second-order valence-corrected chi connectivity index (χ2v) is 7.51. The van der Waals surface area contributed by atoms with E-state index < -0.39 is 10.0 Å². The van der Waals surface area contributed by atoms with Crippen molar-refractivity contribution in [3.63, 3.8) is 0 Å². The summed E-state index contributed by atoms with van der Waals surface area (Å²) in [6.45, 7) is 1.97. The van der Waals surface area contributed by atoms with Gasteiger partial charge in [0.2, 0.25) is 10.0 Å². The molecule has 1 aromatic heterocycles. The van der Waals surface area contributed by atoms with Gasteiger partial charge in [-0.25, -0.2) is 13.1 Å². The van der Waals surface area contributed by atoms with Gasteiger partial charge < -0.3 is 5.73 Å². The highest BCUT2D eigenvalue weighted by Crippen LogP contribution is 2.26. The molecule has 1 aromatic carbocycles. The van der Waals surface area contributed by atoms with E-state index >= 15 is 0 Å². The number of thiophene rings is 1.